The van der Waals surface area contributed by atoms with Crippen LogP contribution in [0.25, 0.3) is 0 Å². The van der Waals surface area contributed by atoms with Crippen molar-refractivity contribution in [1.82, 2.24) is 9.97 Å². The molecule has 2 rings (SSSR count). The summed E-state index contributed by atoms with van der Waals surface area (Å²) in [5, 5.41) is 5.56. The number of hydrogen-bond acceptors (Lipinski definition) is 5. The molecule has 0 spiro atoms. The van der Waals surface area contributed by atoms with Crippen molar-refractivity contribution in [3.8, 4) is 0 Å². The second kappa shape index (κ2) is 5.64. The topological polar surface area (TPSA) is 75.9 Å². The van der Waals surface area contributed by atoms with Gasteiger partial charge in [-0.1, -0.05) is 0 Å². The number of nitrogens with zero attached hydrogens (tertiary/aromatic N) is 2. The lowest BCUT2D eigenvalue weighted by atomic mass is 10.3. The molecule has 0 amide bonds. The first kappa shape index (κ1) is 13.9. The van der Waals surface area contributed by atoms with Crippen molar-refractivity contribution in [2.24, 2.45) is 0 Å². The first-order valence-corrected chi connectivity index (χ1v) is 5.79. The molecule has 0 saturated carbocycles. The molecule has 0 fully saturated rings. The van der Waals surface area contributed by atoms with E-state index in [0.717, 1.165) is 12.1 Å². The number of hydrogen-bond donors (Lipinski definition) is 3. The Morgan fingerprint density at radius 2 is 1.65 bits per heavy atom. The van der Waals surface area contributed by atoms with E-state index >= 15 is 0 Å². The molecular formula is C12H12F3N5. The molecule has 4 N–H and O–H groups in total. The Bertz CT molecular complexity index is 609. The van der Waals surface area contributed by atoms with Crippen molar-refractivity contribution >= 4 is 23.3 Å². The molecule has 8 heteroatoms. The van der Waals surface area contributed by atoms with Gasteiger partial charge in [-0.15, -0.1) is 0 Å². The van der Waals surface area contributed by atoms with Crippen molar-refractivity contribution in [3.63, 3.8) is 0 Å². The normalized spacial score (nSPS) is 10.4. The van der Waals surface area contributed by atoms with E-state index < -0.39 is 17.5 Å². The number of halogens is 3. The van der Waals surface area contributed by atoms with Crippen LogP contribution in [0.1, 0.15) is 6.92 Å². The number of nitrogen functional groups attached to an aromatic ring is 1. The molecule has 2 aromatic rings. The number of anilines is 4. The number of nitrogens with one attached hydrogen (secondary N) is 2. The van der Waals surface area contributed by atoms with Crippen LogP contribution in [0.15, 0.2) is 18.2 Å². The Balaban J connectivity index is 2.30. The van der Waals surface area contributed by atoms with E-state index in [1.54, 1.807) is 0 Å². The van der Waals surface area contributed by atoms with E-state index in [0.29, 0.717) is 12.4 Å². The lowest BCUT2D eigenvalue weighted by Crippen LogP contribution is -2.06. The SMILES string of the molecule is CCNc1cc(Nc2cc(F)c(F)c(F)c2)nc(N)n1. The number of benzene rings is 1. The number of nitrogens with two attached hydrogens (primary N) is 1. The van der Waals surface area contributed by atoms with Gasteiger partial charge in [0.2, 0.25) is 5.95 Å². The zero-order chi connectivity index (χ0) is 14.7. The van der Waals surface area contributed by atoms with Crippen LogP contribution in [-0.4, -0.2) is 16.5 Å². The summed E-state index contributed by atoms with van der Waals surface area (Å²) in [5.41, 5.74) is 5.53. The molecule has 0 aliphatic rings. The maximum atomic E-state index is 13.1. The summed E-state index contributed by atoms with van der Waals surface area (Å²) in [6.45, 7) is 2.49. The third kappa shape index (κ3) is 3.08. The van der Waals surface area contributed by atoms with Gasteiger partial charge in [0, 0.05) is 30.4 Å². The van der Waals surface area contributed by atoms with Crippen LogP contribution >= 0.6 is 0 Å². The highest BCUT2D eigenvalue weighted by molar-refractivity contribution is 5.60. The maximum absolute atomic E-state index is 13.1. The fourth-order valence-electron chi connectivity index (χ4n) is 1.58. The van der Waals surface area contributed by atoms with Crippen molar-refractivity contribution in [2.45, 2.75) is 6.92 Å². The molecule has 0 bridgehead atoms. The first-order chi connectivity index (χ1) is 9.49. The van der Waals surface area contributed by atoms with E-state index in [1.165, 1.54) is 6.07 Å². The van der Waals surface area contributed by atoms with E-state index in [1.807, 2.05) is 6.92 Å². The van der Waals surface area contributed by atoms with Gasteiger partial charge < -0.3 is 16.4 Å². The van der Waals surface area contributed by atoms with Crippen molar-refractivity contribution in [2.75, 3.05) is 22.9 Å². The fourth-order valence-corrected chi connectivity index (χ4v) is 1.58. The van der Waals surface area contributed by atoms with Gasteiger partial charge in [0.1, 0.15) is 11.6 Å². The van der Waals surface area contributed by atoms with Crippen LogP contribution in [0.4, 0.5) is 36.4 Å². The summed E-state index contributed by atoms with van der Waals surface area (Å²) >= 11 is 0. The molecule has 1 heterocycles. The Morgan fingerprint density at radius 3 is 2.25 bits per heavy atom. The van der Waals surface area contributed by atoms with Gasteiger partial charge >= 0.3 is 0 Å². The molecule has 1 aromatic heterocycles. The molecule has 20 heavy (non-hydrogen) atoms. The average Bonchev–Trinajstić information content (AvgIpc) is 2.35. The molecule has 0 unspecified atom stereocenters. The lowest BCUT2D eigenvalue weighted by molar-refractivity contribution is 0.448. The van der Waals surface area contributed by atoms with Crippen LogP contribution in [0.2, 0.25) is 0 Å². The van der Waals surface area contributed by atoms with Gasteiger partial charge in [-0.05, 0) is 6.92 Å². The fraction of sp³-hybridized carbons (Fsp3) is 0.167. The van der Waals surface area contributed by atoms with Crippen LogP contribution in [0, 0.1) is 17.5 Å². The Morgan fingerprint density at radius 1 is 1.05 bits per heavy atom. The van der Waals surface area contributed by atoms with Crippen LogP contribution in [0.3, 0.4) is 0 Å². The Kier molecular flexibility index (Phi) is 3.92. The molecule has 0 aliphatic heterocycles. The highest BCUT2D eigenvalue weighted by atomic mass is 19.2. The van der Waals surface area contributed by atoms with Crippen molar-refractivity contribution < 1.29 is 13.2 Å². The van der Waals surface area contributed by atoms with E-state index in [-0.39, 0.29) is 17.5 Å². The monoisotopic (exact) mass is 283 g/mol. The Labute approximate surface area is 113 Å². The van der Waals surface area contributed by atoms with Crippen LogP contribution < -0.4 is 16.4 Å². The summed E-state index contributed by atoms with van der Waals surface area (Å²) in [5.74, 6) is -3.41. The quantitative estimate of drug-likeness (QED) is 0.752. The predicted molar refractivity (Wildman–Crippen MR) is 70.2 cm³/mol. The average molecular weight is 283 g/mol. The smallest absolute Gasteiger partial charge is 0.223 e. The molecule has 0 atom stereocenters. The summed E-state index contributed by atoms with van der Waals surface area (Å²) in [6.07, 6.45) is 0. The van der Waals surface area contributed by atoms with Gasteiger partial charge in [-0.3, -0.25) is 0 Å². The number of rotatable bonds is 4. The lowest BCUT2D eigenvalue weighted by Gasteiger charge is -2.09. The minimum absolute atomic E-state index is 0.00555. The summed E-state index contributed by atoms with van der Waals surface area (Å²) < 4.78 is 39.0. The highest BCUT2D eigenvalue weighted by Crippen LogP contribution is 2.22. The van der Waals surface area contributed by atoms with E-state index in [9.17, 15) is 13.2 Å². The molecule has 1 aromatic carbocycles. The highest BCUT2D eigenvalue weighted by Gasteiger charge is 2.11. The van der Waals surface area contributed by atoms with Gasteiger partial charge in [0.05, 0.1) is 0 Å². The van der Waals surface area contributed by atoms with Gasteiger partial charge in [-0.25, -0.2) is 13.2 Å². The molecule has 5 nitrogen and oxygen atoms in total. The predicted octanol–water partition coefficient (Wildman–Crippen LogP) is 2.65. The standard InChI is InChI=1S/C12H12F3N5/c1-2-17-9-5-10(20-12(16)19-9)18-6-3-7(13)11(15)8(14)4-6/h3-5H,2H2,1H3,(H4,16,17,18,19,20). The van der Waals surface area contributed by atoms with E-state index in [2.05, 4.69) is 20.6 Å². The zero-order valence-corrected chi connectivity index (χ0v) is 10.5. The third-order valence-electron chi connectivity index (χ3n) is 2.36. The maximum Gasteiger partial charge on any atom is 0.223 e. The van der Waals surface area contributed by atoms with E-state index in [4.69, 9.17) is 5.73 Å². The second-order valence-electron chi connectivity index (χ2n) is 3.91. The summed E-state index contributed by atoms with van der Waals surface area (Å²) in [6, 6.07) is 3.16. The van der Waals surface area contributed by atoms with Gasteiger partial charge in [0.15, 0.2) is 17.5 Å². The van der Waals surface area contributed by atoms with Crippen molar-refractivity contribution in [3.05, 3.63) is 35.7 Å². The molecule has 0 aliphatic carbocycles. The third-order valence-corrected chi connectivity index (χ3v) is 2.36. The molecule has 0 saturated heterocycles. The molecule has 106 valence electrons. The largest absolute Gasteiger partial charge is 0.370 e. The first-order valence-electron chi connectivity index (χ1n) is 5.79. The summed E-state index contributed by atoms with van der Waals surface area (Å²) in [7, 11) is 0. The second-order valence-corrected chi connectivity index (χ2v) is 3.91. The summed E-state index contributed by atoms with van der Waals surface area (Å²) in [4.78, 5) is 7.79. The Hall–Kier alpha value is -2.51. The molecule has 0 radical (unpaired) electrons. The van der Waals surface area contributed by atoms with Crippen LogP contribution in [-0.2, 0) is 0 Å². The number of aromatic nitrogens is 2. The zero-order valence-electron chi connectivity index (χ0n) is 10.5. The van der Waals surface area contributed by atoms with Gasteiger partial charge in [-0.2, -0.15) is 9.97 Å². The minimum Gasteiger partial charge on any atom is -0.370 e. The van der Waals surface area contributed by atoms with Crippen molar-refractivity contribution in [1.29, 1.82) is 0 Å². The molecular weight excluding hydrogens is 271 g/mol. The minimum atomic E-state index is -1.52. The van der Waals surface area contributed by atoms with Gasteiger partial charge in [0.25, 0.3) is 0 Å². The van der Waals surface area contributed by atoms with Crippen LogP contribution in [0.5, 0.6) is 0 Å².